The van der Waals surface area contributed by atoms with Crippen LogP contribution in [0.2, 0.25) is 5.02 Å². The van der Waals surface area contributed by atoms with Crippen molar-refractivity contribution in [2.75, 3.05) is 13.1 Å². The Labute approximate surface area is 154 Å². The maximum atomic E-state index is 13.5. The molecule has 25 heavy (non-hydrogen) atoms. The molecule has 0 aromatic heterocycles. The summed E-state index contributed by atoms with van der Waals surface area (Å²) in [6.45, 7) is 10.1. The van der Waals surface area contributed by atoms with Gasteiger partial charge in [-0.15, -0.1) is 0 Å². The zero-order chi connectivity index (χ0) is 18.4. The molecule has 0 atom stereocenters. The third-order valence-corrected chi connectivity index (χ3v) is 4.05. The molecule has 0 heterocycles. The smallest absolute Gasteiger partial charge is 0.131 e. The quantitative estimate of drug-likeness (QED) is 0.427. The molecule has 0 fully saturated rings. The zero-order valence-electron chi connectivity index (χ0n) is 15.1. The zero-order valence-corrected chi connectivity index (χ0v) is 15.9. The van der Waals surface area contributed by atoms with Gasteiger partial charge >= 0.3 is 0 Å². The van der Waals surface area contributed by atoms with Crippen molar-refractivity contribution in [1.29, 1.82) is 0 Å². The summed E-state index contributed by atoms with van der Waals surface area (Å²) < 4.78 is 19.3. The van der Waals surface area contributed by atoms with Gasteiger partial charge in [0.25, 0.3) is 0 Å². The summed E-state index contributed by atoms with van der Waals surface area (Å²) in [7, 11) is 0. The van der Waals surface area contributed by atoms with E-state index in [4.69, 9.17) is 16.3 Å². The van der Waals surface area contributed by atoms with Crippen LogP contribution in [0.15, 0.2) is 35.3 Å². The fourth-order valence-corrected chi connectivity index (χ4v) is 2.68. The van der Waals surface area contributed by atoms with Crippen molar-refractivity contribution < 1.29 is 9.13 Å². The highest BCUT2D eigenvalue weighted by molar-refractivity contribution is 6.30. The average Bonchev–Trinajstić information content (AvgIpc) is 2.54. The van der Waals surface area contributed by atoms with Crippen molar-refractivity contribution in [1.82, 2.24) is 4.90 Å². The molecule has 0 radical (unpaired) electrons. The van der Waals surface area contributed by atoms with Gasteiger partial charge in [0.2, 0.25) is 0 Å². The van der Waals surface area contributed by atoms with Gasteiger partial charge < -0.3 is 9.64 Å². The van der Waals surface area contributed by atoms with Crippen LogP contribution in [0, 0.1) is 19.7 Å². The van der Waals surface area contributed by atoms with Crippen LogP contribution in [-0.2, 0) is 0 Å². The second-order valence-electron chi connectivity index (χ2n) is 5.98. The lowest BCUT2D eigenvalue weighted by atomic mass is 10.1. The molecule has 3 nitrogen and oxygen atoms in total. The summed E-state index contributed by atoms with van der Waals surface area (Å²) in [5.74, 6) is 0.622. The fourth-order valence-electron chi connectivity index (χ4n) is 2.47. The Morgan fingerprint density at radius 2 is 1.88 bits per heavy atom. The van der Waals surface area contributed by atoms with Gasteiger partial charge in [0.05, 0.1) is 12.0 Å². The largest absolute Gasteiger partial charge is 0.457 e. The number of hydrogen-bond donors (Lipinski definition) is 0. The Morgan fingerprint density at radius 3 is 2.52 bits per heavy atom. The lowest BCUT2D eigenvalue weighted by Gasteiger charge is -2.16. The van der Waals surface area contributed by atoms with Crippen LogP contribution in [0.4, 0.5) is 10.1 Å². The number of rotatable bonds is 7. The molecule has 134 valence electrons. The van der Waals surface area contributed by atoms with Gasteiger partial charge in [-0.2, -0.15) is 0 Å². The Morgan fingerprint density at radius 1 is 1.12 bits per heavy atom. The molecule has 2 aromatic rings. The van der Waals surface area contributed by atoms with Crippen LogP contribution in [0.3, 0.4) is 0 Å². The number of aliphatic imine (C=N–C) groups is 1. The first kappa shape index (κ1) is 19.3. The van der Waals surface area contributed by atoms with Gasteiger partial charge in [-0.05, 0) is 62.6 Å². The van der Waals surface area contributed by atoms with Crippen molar-refractivity contribution in [2.45, 2.75) is 34.1 Å². The third kappa shape index (κ3) is 5.46. The minimum Gasteiger partial charge on any atom is -0.457 e. The van der Waals surface area contributed by atoms with E-state index >= 15 is 0 Å². The molecule has 2 aromatic carbocycles. The standard InChI is InChI=1S/C20H24ClFN2O/c1-5-7-24(6-2)13-23-19-8-15(4)20(9-14(19)3)25-18-11-16(21)10-17(22)12-18/h8-13H,5-7H2,1-4H3/b23-13+. The molecule has 0 N–H and O–H groups in total. The second-order valence-corrected chi connectivity index (χ2v) is 6.42. The first-order chi connectivity index (χ1) is 11.9. The van der Waals surface area contributed by atoms with E-state index in [1.807, 2.05) is 32.3 Å². The first-order valence-electron chi connectivity index (χ1n) is 8.46. The Hall–Kier alpha value is -2.07. The van der Waals surface area contributed by atoms with E-state index in [0.29, 0.717) is 16.5 Å². The van der Waals surface area contributed by atoms with Crippen molar-refractivity contribution in [3.05, 3.63) is 52.3 Å². The maximum Gasteiger partial charge on any atom is 0.131 e. The van der Waals surface area contributed by atoms with Crippen molar-refractivity contribution in [2.24, 2.45) is 4.99 Å². The molecule has 2 rings (SSSR count). The van der Waals surface area contributed by atoms with E-state index in [9.17, 15) is 4.39 Å². The van der Waals surface area contributed by atoms with Gasteiger partial charge in [0.15, 0.2) is 0 Å². The van der Waals surface area contributed by atoms with E-state index in [0.717, 1.165) is 36.3 Å². The topological polar surface area (TPSA) is 24.8 Å². The van der Waals surface area contributed by atoms with Crippen LogP contribution in [0.5, 0.6) is 11.5 Å². The van der Waals surface area contributed by atoms with E-state index < -0.39 is 5.82 Å². The molecule has 0 saturated heterocycles. The highest BCUT2D eigenvalue weighted by Crippen LogP contribution is 2.32. The van der Waals surface area contributed by atoms with Crippen molar-refractivity contribution in [3.8, 4) is 11.5 Å². The SMILES string of the molecule is CCCN(/C=N/c1cc(C)c(Oc2cc(F)cc(Cl)c2)cc1C)CC. The monoisotopic (exact) mass is 362 g/mol. The Bertz CT molecular complexity index is 741. The molecule has 0 spiro atoms. The van der Waals surface area contributed by atoms with Crippen LogP contribution < -0.4 is 4.74 Å². The molecule has 0 bridgehead atoms. The second kappa shape index (κ2) is 8.86. The van der Waals surface area contributed by atoms with Crippen molar-refractivity contribution in [3.63, 3.8) is 0 Å². The number of halogens is 2. The fraction of sp³-hybridized carbons (Fsp3) is 0.350. The van der Waals surface area contributed by atoms with Gasteiger partial charge in [0.1, 0.15) is 17.3 Å². The number of nitrogens with zero attached hydrogens (tertiary/aromatic N) is 2. The number of ether oxygens (including phenoxy) is 1. The minimum atomic E-state index is -0.423. The van der Waals surface area contributed by atoms with E-state index in [1.165, 1.54) is 12.1 Å². The summed E-state index contributed by atoms with van der Waals surface area (Å²) in [4.78, 5) is 6.77. The molecule has 0 aliphatic heterocycles. The number of benzene rings is 2. The van der Waals surface area contributed by atoms with E-state index in [-0.39, 0.29) is 0 Å². The third-order valence-electron chi connectivity index (χ3n) is 3.83. The van der Waals surface area contributed by atoms with Crippen LogP contribution in [-0.4, -0.2) is 24.3 Å². The molecule has 0 aliphatic rings. The summed E-state index contributed by atoms with van der Waals surface area (Å²) in [6, 6.07) is 8.05. The molecular formula is C20H24ClFN2O. The van der Waals surface area contributed by atoms with Crippen LogP contribution >= 0.6 is 11.6 Å². The molecular weight excluding hydrogens is 339 g/mol. The molecule has 5 heteroatoms. The summed E-state index contributed by atoms with van der Waals surface area (Å²) in [5, 5.41) is 0.307. The average molecular weight is 363 g/mol. The highest BCUT2D eigenvalue weighted by Gasteiger charge is 2.08. The lowest BCUT2D eigenvalue weighted by molar-refractivity contribution is 0.452. The Balaban J connectivity index is 2.23. The molecule has 0 amide bonds. The van der Waals surface area contributed by atoms with Crippen molar-refractivity contribution >= 4 is 23.6 Å². The lowest BCUT2D eigenvalue weighted by Crippen LogP contribution is -2.21. The number of hydrogen-bond acceptors (Lipinski definition) is 2. The van der Waals surface area contributed by atoms with Gasteiger partial charge in [0, 0.05) is 24.2 Å². The Kier molecular flexibility index (Phi) is 6.82. The van der Waals surface area contributed by atoms with Crippen LogP contribution in [0.1, 0.15) is 31.4 Å². The van der Waals surface area contributed by atoms with Crippen LogP contribution in [0.25, 0.3) is 0 Å². The summed E-state index contributed by atoms with van der Waals surface area (Å²) in [5.41, 5.74) is 2.82. The first-order valence-corrected chi connectivity index (χ1v) is 8.84. The van der Waals surface area contributed by atoms with E-state index in [1.54, 1.807) is 6.07 Å². The predicted octanol–water partition coefficient (Wildman–Crippen LogP) is 6.28. The van der Waals surface area contributed by atoms with E-state index in [2.05, 4.69) is 23.7 Å². The van der Waals surface area contributed by atoms with Gasteiger partial charge in [-0.1, -0.05) is 18.5 Å². The minimum absolute atomic E-state index is 0.307. The maximum absolute atomic E-state index is 13.5. The molecule has 0 unspecified atom stereocenters. The summed E-state index contributed by atoms with van der Waals surface area (Å²) >= 11 is 5.88. The molecule has 0 aliphatic carbocycles. The normalized spacial score (nSPS) is 11.1. The highest BCUT2D eigenvalue weighted by atomic mass is 35.5. The van der Waals surface area contributed by atoms with Gasteiger partial charge in [-0.3, -0.25) is 0 Å². The predicted molar refractivity (Wildman–Crippen MR) is 103 cm³/mol. The summed E-state index contributed by atoms with van der Waals surface area (Å²) in [6.07, 6.45) is 2.97. The number of aryl methyl sites for hydroxylation is 2. The molecule has 0 saturated carbocycles. The van der Waals surface area contributed by atoms with Gasteiger partial charge in [-0.25, -0.2) is 9.38 Å².